The van der Waals surface area contributed by atoms with E-state index in [2.05, 4.69) is 65.1 Å². The summed E-state index contributed by atoms with van der Waals surface area (Å²) in [5.74, 6) is -16.1. The van der Waals surface area contributed by atoms with Gasteiger partial charge in [-0.25, -0.2) is 4.79 Å². The molecule has 0 aliphatic carbocycles. The smallest absolute Gasteiger partial charge is 0.326 e. The van der Waals surface area contributed by atoms with Gasteiger partial charge in [0, 0.05) is 38.1 Å². The van der Waals surface area contributed by atoms with Gasteiger partial charge in [0.15, 0.2) is 11.9 Å². The molecule has 0 saturated heterocycles. The third-order valence-corrected chi connectivity index (χ3v) is 11.4. The highest BCUT2D eigenvalue weighted by atomic mass is 32.1. The maximum Gasteiger partial charge on any atom is 0.326 e. The molecule has 0 aromatic rings. The van der Waals surface area contributed by atoms with Crippen LogP contribution in [0.25, 0.3) is 0 Å². The molecule has 0 unspecified atom stereocenters. The number of carbonyl (C=O) groups is 12. The molecule has 0 aliphatic rings. The summed E-state index contributed by atoms with van der Waals surface area (Å²) < 4.78 is 0. The number of rotatable bonds is 39. The summed E-state index contributed by atoms with van der Waals surface area (Å²) in [5.41, 5.74) is 27.3. The number of nitrogens with two attached hydrogens (primary N) is 5. The van der Waals surface area contributed by atoms with Crippen LogP contribution in [0.2, 0.25) is 0 Å². The van der Waals surface area contributed by atoms with E-state index < -0.39 is 176 Å². The Labute approximate surface area is 453 Å². The van der Waals surface area contributed by atoms with E-state index in [0.29, 0.717) is 0 Å². The number of carbonyl (C=O) groups excluding carboxylic acids is 8. The lowest BCUT2D eigenvalue weighted by molar-refractivity contribution is -0.143. The first kappa shape index (κ1) is 70.4. The average Bonchev–Trinajstić information content (AvgIpc) is 3.33. The molecule has 0 fully saturated rings. The van der Waals surface area contributed by atoms with Crippen molar-refractivity contribution in [3.63, 3.8) is 0 Å². The SMILES string of the molecule is CC(C)C[C@H](NC(=O)[C@H](CCCN=C(N)N)NC(=O)[C@@H](NC(=O)[C@H](CCCN=C(N)N)NC(=O)[C@H](CCC(=O)O)NC(=O)[C@H](CCC(=O)O)NC(=O)[C@@H](NC(=O)[C@H](CCC(=O)O)NC(=O)[C@@H](N)CS)[C@@H](C)O)[C@@H](C)O)C(=O)O. The van der Waals surface area contributed by atoms with E-state index in [1.807, 2.05) is 0 Å². The molecule has 0 aromatic carbocycles. The molecule has 442 valence electrons. The Bertz CT molecular complexity index is 2140. The first-order valence-corrected chi connectivity index (χ1v) is 25.1. The van der Waals surface area contributed by atoms with Gasteiger partial charge >= 0.3 is 23.9 Å². The van der Waals surface area contributed by atoms with Crippen molar-refractivity contribution >= 4 is 95.7 Å². The number of aliphatic hydroxyl groups is 2. The van der Waals surface area contributed by atoms with Crippen LogP contribution < -0.4 is 71.2 Å². The third kappa shape index (κ3) is 29.1. The fourth-order valence-corrected chi connectivity index (χ4v) is 7.03. The number of amides is 8. The number of hydrogen-bond donors (Lipinski definition) is 20. The minimum absolute atomic E-state index is 0.00494. The number of nitrogens with zero attached hydrogens (tertiary/aromatic N) is 2. The third-order valence-electron chi connectivity index (χ3n) is 11.0. The van der Waals surface area contributed by atoms with E-state index in [4.69, 9.17) is 28.7 Å². The molecule has 0 spiro atoms. The van der Waals surface area contributed by atoms with Gasteiger partial charge in [0.1, 0.15) is 48.3 Å². The van der Waals surface area contributed by atoms with E-state index in [0.717, 1.165) is 13.8 Å². The molecule has 0 rings (SSSR count). The predicted molar refractivity (Wildman–Crippen MR) is 278 cm³/mol. The quantitative estimate of drug-likeness (QED) is 0.0118. The van der Waals surface area contributed by atoms with E-state index in [1.165, 1.54) is 0 Å². The van der Waals surface area contributed by atoms with Crippen molar-refractivity contribution in [2.24, 2.45) is 44.6 Å². The first-order chi connectivity index (χ1) is 36.3. The minimum atomic E-state index is -1.98. The highest BCUT2D eigenvalue weighted by molar-refractivity contribution is 7.80. The number of nitrogens with one attached hydrogen (secondary N) is 8. The summed E-state index contributed by atoms with van der Waals surface area (Å²) in [5, 5.41) is 77.4. The van der Waals surface area contributed by atoms with Crippen LogP contribution in [0.15, 0.2) is 9.98 Å². The number of carboxylic acid groups (broad SMARTS) is 4. The van der Waals surface area contributed by atoms with Crippen LogP contribution in [0.5, 0.6) is 0 Å². The molecule has 24 N–H and O–H groups in total. The summed E-state index contributed by atoms with van der Waals surface area (Å²) in [4.78, 5) is 163. The Kier molecular flexibility index (Phi) is 32.9. The van der Waals surface area contributed by atoms with Gasteiger partial charge in [0.2, 0.25) is 47.3 Å². The van der Waals surface area contributed by atoms with E-state index in [9.17, 15) is 88.2 Å². The van der Waals surface area contributed by atoms with Crippen molar-refractivity contribution in [2.75, 3.05) is 18.8 Å². The normalized spacial score (nSPS) is 15.2. The Morgan fingerprint density at radius 3 is 0.987 bits per heavy atom. The summed E-state index contributed by atoms with van der Waals surface area (Å²) in [6.45, 7) is 5.35. The van der Waals surface area contributed by atoms with E-state index in [-0.39, 0.29) is 68.8 Å². The Balaban J connectivity index is 7.00. The molecule has 8 amide bonds. The van der Waals surface area contributed by atoms with Crippen molar-refractivity contribution in [3.8, 4) is 0 Å². The lowest BCUT2D eigenvalue weighted by Gasteiger charge is -2.29. The number of hydrogen-bond acceptors (Lipinski definition) is 18. The minimum Gasteiger partial charge on any atom is -0.481 e. The van der Waals surface area contributed by atoms with Crippen LogP contribution in [-0.2, 0) is 57.5 Å². The van der Waals surface area contributed by atoms with Crippen LogP contribution in [0.1, 0.15) is 98.3 Å². The van der Waals surface area contributed by atoms with Gasteiger partial charge in [-0.1, -0.05) is 13.8 Å². The van der Waals surface area contributed by atoms with Crippen molar-refractivity contribution < 1.29 is 88.2 Å². The fourth-order valence-electron chi connectivity index (χ4n) is 6.87. The monoisotopic (exact) mass is 1140 g/mol. The number of carboxylic acids is 4. The van der Waals surface area contributed by atoms with Crippen molar-refractivity contribution in [2.45, 2.75) is 165 Å². The number of aliphatic hydroxyl groups excluding tert-OH is 2. The standard InChI is InChI=1S/C44H77N15O18S/c1-19(2)17-28(42(76)77)57-35(69)23(7-5-15-50-43(46)47)55-40(74)32(20(3)60)58-38(72)24(8-6-16-51-44(48)49)53-36(70)25(9-12-29(62)63)54-37(71)26(10-13-30(64)65)56-41(75)33(21(4)61)59-39(73)27(11-14-31(66)67)52-34(68)22(45)18-78/h19-28,32-33,60-61,78H,5-18,45H2,1-4H3,(H,52,68)(H,53,70)(H,54,71)(H,55,74)(H,56,75)(H,57,69)(H,58,72)(H,59,73)(H,62,63)(H,64,65)(H,66,67)(H,76,77)(H4,46,47,50)(H4,48,49,51)/t20-,21-,22+,23+,24+,25+,26+,27+,28+,32+,33+/m1/s1. The van der Waals surface area contributed by atoms with Gasteiger partial charge in [0.05, 0.1) is 18.2 Å². The molecule has 78 heavy (non-hydrogen) atoms. The molecule has 0 aliphatic heterocycles. The van der Waals surface area contributed by atoms with Crippen LogP contribution >= 0.6 is 12.6 Å². The maximum absolute atomic E-state index is 14.1. The zero-order chi connectivity index (χ0) is 60.0. The highest BCUT2D eigenvalue weighted by Crippen LogP contribution is 2.11. The largest absolute Gasteiger partial charge is 0.481 e. The molecular weight excluding hydrogens is 1060 g/mol. The van der Waals surface area contributed by atoms with Crippen molar-refractivity contribution in [1.82, 2.24) is 42.5 Å². The van der Waals surface area contributed by atoms with Crippen LogP contribution in [0.4, 0.5) is 0 Å². The van der Waals surface area contributed by atoms with E-state index in [1.54, 1.807) is 13.8 Å². The number of aliphatic imine (C=N–C) groups is 2. The molecular formula is C44H77N15O18S. The summed E-state index contributed by atoms with van der Waals surface area (Å²) >= 11 is 3.90. The molecule has 0 aromatic heterocycles. The Morgan fingerprint density at radius 1 is 0.436 bits per heavy atom. The fraction of sp³-hybridized carbons (Fsp3) is 0.682. The van der Waals surface area contributed by atoms with E-state index >= 15 is 0 Å². The summed E-state index contributed by atoms with van der Waals surface area (Å²) in [6.07, 6.45) is -8.34. The predicted octanol–water partition coefficient (Wildman–Crippen LogP) is -7.28. The van der Waals surface area contributed by atoms with Crippen LogP contribution in [-0.4, -0.2) is 199 Å². The topological polar surface area (TPSA) is 577 Å². The molecule has 0 bridgehead atoms. The lowest BCUT2D eigenvalue weighted by Crippen LogP contribution is -2.62. The Hall–Kier alpha value is -7.59. The molecule has 11 atom stereocenters. The number of aliphatic carboxylic acids is 4. The maximum atomic E-state index is 14.1. The van der Waals surface area contributed by atoms with Gasteiger partial charge < -0.3 is 102 Å². The second-order valence-corrected chi connectivity index (χ2v) is 18.6. The number of thiol groups is 1. The first-order valence-electron chi connectivity index (χ1n) is 24.5. The van der Waals surface area contributed by atoms with Gasteiger partial charge in [-0.2, -0.15) is 12.6 Å². The molecule has 0 heterocycles. The van der Waals surface area contributed by atoms with Gasteiger partial charge in [0.25, 0.3) is 0 Å². The van der Waals surface area contributed by atoms with Gasteiger partial charge in [-0.05, 0) is 71.1 Å². The molecule has 34 heteroatoms. The van der Waals surface area contributed by atoms with Crippen LogP contribution in [0, 0.1) is 5.92 Å². The second kappa shape index (κ2) is 36.4. The highest BCUT2D eigenvalue weighted by Gasteiger charge is 2.37. The molecule has 0 radical (unpaired) electrons. The number of guanidine groups is 2. The zero-order valence-corrected chi connectivity index (χ0v) is 44.5. The van der Waals surface area contributed by atoms with Crippen molar-refractivity contribution in [3.05, 3.63) is 0 Å². The lowest BCUT2D eigenvalue weighted by atomic mass is 10.0. The van der Waals surface area contributed by atoms with Gasteiger partial charge in [-0.15, -0.1) is 0 Å². The van der Waals surface area contributed by atoms with Gasteiger partial charge in [-0.3, -0.25) is 62.7 Å². The Morgan fingerprint density at radius 2 is 0.718 bits per heavy atom. The summed E-state index contributed by atoms with van der Waals surface area (Å²) in [6, 6.07) is -15.2. The molecule has 0 saturated carbocycles. The summed E-state index contributed by atoms with van der Waals surface area (Å²) in [7, 11) is 0. The second-order valence-electron chi connectivity index (χ2n) is 18.3. The average molecular weight is 1140 g/mol. The zero-order valence-electron chi connectivity index (χ0n) is 43.6. The van der Waals surface area contributed by atoms with Crippen LogP contribution in [0.3, 0.4) is 0 Å². The molecule has 33 nitrogen and oxygen atoms in total. The van der Waals surface area contributed by atoms with Crippen molar-refractivity contribution in [1.29, 1.82) is 0 Å².